The molecule has 0 amide bonds. The van der Waals surface area contributed by atoms with Crippen molar-refractivity contribution in [1.29, 1.82) is 0 Å². The summed E-state index contributed by atoms with van der Waals surface area (Å²) < 4.78 is 20.4. The van der Waals surface area contributed by atoms with E-state index >= 15 is 0 Å². The van der Waals surface area contributed by atoms with Crippen molar-refractivity contribution in [2.75, 3.05) is 26.3 Å². The molecule has 0 N–H and O–H groups in total. The van der Waals surface area contributed by atoms with Crippen LogP contribution in [0.2, 0.25) is 10.0 Å². The highest BCUT2D eigenvalue weighted by molar-refractivity contribution is 14.2. The van der Waals surface area contributed by atoms with Gasteiger partial charge in [-0.3, -0.25) is 4.90 Å². The Morgan fingerprint density at radius 1 is 1.19 bits per heavy atom. The highest BCUT2D eigenvalue weighted by atomic mass is 127. The Morgan fingerprint density at radius 3 is 2.58 bits per heavy atom. The zero-order chi connectivity index (χ0) is 22.3. The number of pyridine rings is 1. The number of alkyl halides is 3. The van der Waals surface area contributed by atoms with Gasteiger partial charge in [-0.1, -0.05) is 29.3 Å². The molecule has 4 nitrogen and oxygen atoms in total. The third-order valence-corrected chi connectivity index (χ3v) is 7.65. The molecule has 2 aromatic heterocycles. The molecule has 0 atom stereocenters. The average molecular weight is 688 g/mol. The monoisotopic (exact) mass is 687 g/mol. The lowest BCUT2D eigenvalue weighted by atomic mass is 10.0. The van der Waals surface area contributed by atoms with Gasteiger partial charge in [-0.05, 0) is 87.0 Å². The Kier molecular flexibility index (Phi) is 7.40. The van der Waals surface area contributed by atoms with Gasteiger partial charge in [-0.25, -0.2) is 9.37 Å². The second-order valence-corrected chi connectivity index (χ2v) is 13.6. The minimum atomic E-state index is -1.56. The predicted octanol–water partition coefficient (Wildman–Crippen LogP) is 6.56. The van der Waals surface area contributed by atoms with Gasteiger partial charge in [0.1, 0.15) is 11.3 Å². The van der Waals surface area contributed by atoms with Crippen LogP contribution >= 0.6 is 68.4 Å². The lowest BCUT2D eigenvalue weighted by Crippen LogP contribution is -2.35. The summed E-state index contributed by atoms with van der Waals surface area (Å²) in [5.41, 5.74) is 5.17. The third kappa shape index (κ3) is 5.16. The Labute approximate surface area is 218 Å². The molecule has 0 saturated carbocycles. The van der Waals surface area contributed by atoms with Gasteiger partial charge in [-0.15, -0.1) is 0 Å². The Balaban J connectivity index is 1.69. The highest BCUT2D eigenvalue weighted by Crippen LogP contribution is 2.41. The van der Waals surface area contributed by atoms with Crippen molar-refractivity contribution in [2.24, 2.45) is 7.05 Å². The predicted molar refractivity (Wildman–Crippen MR) is 142 cm³/mol. The summed E-state index contributed by atoms with van der Waals surface area (Å²) in [6.07, 6.45) is 0.575. The van der Waals surface area contributed by atoms with E-state index in [1.165, 1.54) is 0 Å². The molecule has 0 spiro atoms. The highest BCUT2D eigenvalue weighted by Gasteiger charge is 2.27. The molecule has 3 aromatic rings. The van der Waals surface area contributed by atoms with E-state index in [-0.39, 0.29) is 0 Å². The van der Waals surface area contributed by atoms with Crippen LogP contribution in [0.1, 0.15) is 28.1 Å². The van der Waals surface area contributed by atoms with Crippen LogP contribution < -0.4 is 0 Å². The minimum Gasteiger partial charge on any atom is -0.379 e. The fourth-order valence-electron chi connectivity index (χ4n) is 3.93. The SMILES string of the molecule is Cc1cc(C(F)(I)I)nc2c1cc(Cc1c(Cl)ccc(CN3CCOCC3)c1Cl)n2C. The van der Waals surface area contributed by atoms with Crippen LogP contribution in [0.4, 0.5) is 4.39 Å². The van der Waals surface area contributed by atoms with Gasteiger partial charge >= 0.3 is 0 Å². The first-order chi connectivity index (χ1) is 14.6. The first-order valence-corrected chi connectivity index (χ1v) is 12.9. The first-order valence-electron chi connectivity index (χ1n) is 9.94. The summed E-state index contributed by atoms with van der Waals surface area (Å²) in [6.45, 7) is 6.05. The normalized spacial score (nSPS) is 15.7. The second-order valence-electron chi connectivity index (χ2n) is 7.82. The van der Waals surface area contributed by atoms with Gasteiger partial charge in [0.05, 0.1) is 18.2 Å². The molecule has 4 rings (SSSR count). The molecule has 0 bridgehead atoms. The molecular weight excluding hydrogens is 666 g/mol. The summed E-state index contributed by atoms with van der Waals surface area (Å²) >= 11 is 16.9. The maximum Gasteiger partial charge on any atom is 0.252 e. The molecule has 3 heterocycles. The number of fused-ring (bicyclic) bond motifs is 1. The molecule has 1 fully saturated rings. The van der Waals surface area contributed by atoms with Crippen molar-refractivity contribution in [1.82, 2.24) is 14.5 Å². The molecular formula is C22H22Cl2FI2N3O. The molecule has 0 radical (unpaired) electrons. The first kappa shape index (κ1) is 23.9. The lowest BCUT2D eigenvalue weighted by molar-refractivity contribution is 0.0342. The van der Waals surface area contributed by atoms with E-state index in [0.717, 1.165) is 66.3 Å². The molecule has 166 valence electrons. The summed E-state index contributed by atoms with van der Waals surface area (Å²) in [6, 6.07) is 7.84. The lowest BCUT2D eigenvalue weighted by Gasteiger charge is -2.27. The van der Waals surface area contributed by atoms with Gasteiger partial charge in [0.15, 0.2) is 0 Å². The van der Waals surface area contributed by atoms with Crippen LogP contribution in [0.15, 0.2) is 24.3 Å². The molecule has 1 aromatic carbocycles. The van der Waals surface area contributed by atoms with Crippen molar-refractivity contribution < 1.29 is 9.13 Å². The number of ether oxygens (including phenoxy) is 1. The summed E-state index contributed by atoms with van der Waals surface area (Å²) in [4.78, 5) is 6.94. The molecule has 31 heavy (non-hydrogen) atoms. The Bertz CT molecular complexity index is 1120. The van der Waals surface area contributed by atoms with Crippen molar-refractivity contribution in [3.05, 3.63) is 62.4 Å². The number of morpholine rings is 1. The van der Waals surface area contributed by atoms with Crippen molar-refractivity contribution in [2.45, 2.75) is 21.6 Å². The fraction of sp³-hybridized carbons (Fsp3) is 0.409. The zero-order valence-corrected chi connectivity index (χ0v) is 23.0. The molecule has 1 aliphatic heterocycles. The standard InChI is InChI=1S/C22H22Cl2FI2N3O/c1-13-9-19(22(25,26)27)28-21-16(13)10-15(29(21)2)11-17-18(23)4-3-14(20(17)24)12-30-5-7-31-8-6-30/h3-4,9-10H,5-8,11-12H2,1-2H3. The molecule has 9 heteroatoms. The van der Waals surface area contributed by atoms with Crippen molar-refractivity contribution >= 4 is 79.4 Å². The summed E-state index contributed by atoms with van der Waals surface area (Å²) in [7, 11) is 1.95. The number of hydrogen-bond acceptors (Lipinski definition) is 3. The van der Waals surface area contributed by atoms with Crippen molar-refractivity contribution in [3.8, 4) is 0 Å². The van der Waals surface area contributed by atoms with Crippen LogP contribution in [-0.2, 0) is 26.4 Å². The minimum absolute atomic E-state index is 0.412. The van der Waals surface area contributed by atoms with Crippen LogP contribution in [0.3, 0.4) is 0 Å². The van der Waals surface area contributed by atoms with Gasteiger partial charge in [-0.2, -0.15) is 0 Å². The van der Waals surface area contributed by atoms with E-state index < -0.39 is 1.68 Å². The fourth-order valence-corrected chi connectivity index (χ4v) is 5.04. The zero-order valence-electron chi connectivity index (χ0n) is 17.2. The molecule has 0 aliphatic carbocycles. The maximum atomic E-state index is 14.5. The summed E-state index contributed by atoms with van der Waals surface area (Å²) in [5.74, 6) is 0. The number of aryl methyl sites for hydroxylation is 2. The maximum absolute atomic E-state index is 14.5. The molecule has 1 saturated heterocycles. The number of aromatic nitrogens is 2. The number of halogens is 5. The van der Waals surface area contributed by atoms with Crippen LogP contribution in [0, 0.1) is 6.92 Å². The van der Waals surface area contributed by atoms with E-state index in [4.69, 9.17) is 27.9 Å². The van der Waals surface area contributed by atoms with Gasteiger partial charge < -0.3 is 9.30 Å². The molecule has 1 aliphatic rings. The van der Waals surface area contributed by atoms with E-state index in [0.29, 0.717) is 22.2 Å². The second kappa shape index (κ2) is 9.58. The van der Waals surface area contributed by atoms with E-state index in [2.05, 4.69) is 16.0 Å². The molecule has 0 unspecified atom stereocenters. The van der Waals surface area contributed by atoms with Gasteiger partial charge in [0.25, 0.3) is 1.68 Å². The van der Waals surface area contributed by atoms with Crippen LogP contribution in [0.25, 0.3) is 11.0 Å². The number of rotatable bonds is 5. The van der Waals surface area contributed by atoms with Gasteiger partial charge in [0, 0.05) is 49.2 Å². The quantitative estimate of drug-likeness (QED) is 0.225. The Morgan fingerprint density at radius 2 is 1.90 bits per heavy atom. The topological polar surface area (TPSA) is 30.3 Å². The van der Waals surface area contributed by atoms with Crippen LogP contribution in [-0.4, -0.2) is 40.8 Å². The van der Waals surface area contributed by atoms with E-state index in [1.807, 2.05) is 36.7 Å². The van der Waals surface area contributed by atoms with E-state index in [9.17, 15) is 4.39 Å². The largest absolute Gasteiger partial charge is 0.379 e. The van der Waals surface area contributed by atoms with Gasteiger partial charge in [0.2, 0.25) is 0 Å². The van der Waals surface area contributed by atoms with Crippen molar-refractivity contribution in [3.63, 3.8) is 0 Å². The van der Waals surface area contributed by atoms with Crippen LogP contribution in [0.5, 0.6) is 0 Å². The smallest absolute Gasteiger partial charge is 0.252 e. The Hall–Kier alpha value is -0.200. The average Bonchev–Trinajstić information content (AvgIpc) is 3.04. The number of nitrogens with zero attached hydrogens (tertiary/aromatic N) is 3. The third-order valence-electron chi connectivity index (χ3n) is 5.72. The number of hydrogen-bond donors (Lipinski definition) is 0. The number of benzene rings is 1. The van der Waals surface area contributed by atoms with E-state index in [1.54, 1.807) is 45.2 Å². The summed E-state index contributed by atoms with van der Waals surface area (Å²) in [5, 5.41) is 2.36.